The monoisotopic (exact) mass is 498 g/mol. The van der Waals surface area contributed by atoms with E-state index >= 15 is 0 Å². The highest BCUT2D eigenvalue weighted by atomic mass is 35.5. The quantitative estimate of drug-likeness (QED) is 0.497. The highest BCUT2D eigenvalue weighted by Gasteiger charge is 2.33. The van der Waals surface area contributed by atoms with Crippen LogP contribution in [0.15, 0.2) is 41.6 Å². The number of esters is 1. The van der Waals surface area contributed by atoms with Gasteiger partial charge in [-0.3, -0.25) is 0 Å². The maximum atomic E-state index is 12.5. The first-order valence-electron chi connectivity index (χ1n) is 9.64. The summed E-state index contributed by atoms with van der Waals surface area (Å²) < 4.78 is 16.5. The van der Waals surface area contributed by atoms with Crippen LogP contribution in [-0.2, 0) is 16.1 Å². The van der Waals surface area contributed by atoms with E-state index in [1.165, 1.54) is 7.11 Å². The van der Waals surface area contributed by atoms with E-state index in [1.54, 1.807) is 44.2 Å². The minimum atomic E-state index is -0.783. The molecule has 2 aromatic rings. The lowest BCUT2D eigenvalue weighted by molar-refractivity contribution is -0.139. The Bertz CT molecular complexity index is 1090. The number of amides is 2. The number of halogens is 3. The highest BCUT2D eigenvalue weighted by Crippen LogP contribution is 2.40. The largest absolute Gasteiger partial charge is 0.493 e. The molecule has 3 rings (SSSR count). The van der Waals surface area contributed by atoms with Crippen LogP contribution in [0.3, 0.4) is 0 Å². The molecule has 1 aliphatic rings. The van der Waals surface area contributed by atoms with Crippen molar-refractivity contribution >= 4 is 46.8 Å². The molecule has 10 heteroatoms. The second kappa shape index (κ2) is 10.3. The van der Waals surface area contributed by atoms with Crippen LogP contribution < -0.4 is 20.1 Å². The molecule has 0 saturated heterocycles. The molecule has 0 saturated carbocycles. The molecule has 2 amide bonds. The van der Waals surface area contributed by atoms with Crippen molar-refractivity contribution in [2.75, 3.05) is 13.7 Å². The van der Waals surface area contributed by atoms with Gasteiger partial charge in [-0.1, -0.05) is 40.9 Å². The zero-order valence-corrected chi connectivity index (χ0v) is 19.8. The lowest BCUT2D eigenvalue weighted by Crippen LogP contribution is -2.45. The van der Waals surface area contributed by atoms with Crippen LogP contribution in [0.2, 0.25) is 15.1 Å². The normalized spacial score (nSPS) is 15.7. The smallest absolute Gasteiger partial charge is 0.338 e. The zero-order valence-electron chi connectivity index (χ0n) is 17.6. The number of carbonyl (C=O) groups excluding carboxylic acids is 2. The second-order valence-electron chi connectivity index (χ2n) is 6.85. The SMILES string of the molecule is CCOC(=O)C1=C(C)NC(=O)N[C@H]1c1cc(Cl)c(OCc2ccc(Cl)cc2Cl)c(OC)c1. The summed E-state index contributed by atoms with van der Waals surface area (Å²) in [6, 6.07) is 7.10. The van der Waals surface area contributed by atoms with E-state index in [1.807, 2.05) is 0 Å². The van der Waals surface area contributed by atoms with Crippen LogP contribution in [0.5, 0.6) is 11.5 Å². The molecule has 0 aliphatic carbocycles. The predicted octanol–water partition coefficient (Wildman–Crippen LogP) is 5.43. The van der Waals surface area contributed by atoms with Gasteiger partial charge in [-0.25, -0.2) is 9.59 Å². The number of hydrogen-bond acceptors (Lipinski definition) is 5. The van der Waals surface area contributed by atoms with Gasteiger partial charge in [0, 0.05) is 21.3 Å². The summed E-state index contributed by atoms with van der Waals surface area (Å²) in [5.74, 6) is 0.0732. The summed E-state index contributed by atoms with van der Waals surface area (Å²) in [5.41, 5.74) is 1.91. The third-order valence-corrected chi connectivity index (χ3v) is 5.60. The molecule has 170 valence electrons. The molecule has 0 bridgehead atoms. The minimum Gasteiger partial charge on any atom is -0.493 e. The van der Waals surface area contributed by atoms with Gasteiger partial charge in [0.15, 0.2) is 11.5 Å². The van der Waals surface area contributed by atoms with Crippen molar-refractivity contribution in [1.82, 2.24) is 10.6 Å². The van der Waals surface area contributed by atoms with Crippen molar-refractivity contribution in [1.29, 1.82) is 0 Å². The van der Waals surface area contributed by atoms with Crippen molar-refractivity contribution in [2.45, 2.75) is 26.5 Å². The van der Waals surface area contributed by atoms with E-state index in [0.717, 1.165) is 0 Å². The van der Waals surface area contributed by atoms with Crippen molar-refractivity contribution in [2.24, 2.45) is 0 Å². The molecule has 0 radical (unpaired) electrons. The first-order valence-corrected chi connectivity index (χ1v) is 10.8. The minimum absolute atomic E-state index is 0.128. The van der Waals surface area contributed by atoms with Crippen molar-refractivity contribution in [3.05, 3.63) is 67.8 Å². The number of nitrogens with one attached hydrogen (secondary N) is 2. The maximum Gasteiger partial charge on any atom is 0.338 e. The maximum absolute atomic E-state index is 12.5. The Kier molecular flexibility index (Phi) is 7.77. The first-order chi connectivity index (χ1) is 15.2. The van der Waals surface area contributed by atoms with Crippen LogP contribution in [-0.4, -0.2) is 25.7 Å². The number of methoxy groups -OCH3 is 1. The van der Waals surface area contributed by atoms with Gasteiger partial charge < -0.3 is 24.8 Å². The number of hydrogen-bond donors (Lipinski definition) is 2. The molecule has 0 fully saturated rings. The number of urea groups is 1. The molecule has 0 aromatic heterocycles. The molecule has 0 unspecified atom stereocenters. The van der Waals surface area contributed by atoms with Crippen LogP contribution in [0, 0.1) is 0 Å². The number of ether oxygens (including phenoxy) is 3. The van der Waals surface area contributed by atoms with Gasteiger partial charge in [0.25, 0.3) is 0 Å². The summed E-state index contributed by atoms with van der Waals surface area (Å²) in [6.07, 6.45) is 0. The van der Waals surface area contributed by atoms with Gasteiger partial charge in [0.2, 0.25) is 0 Å². The molecular formula is C22H21Cl3N2O5. The van der Waals surface area contributed by atoms with E-state index < -0.39 is 18.0 Å². The van der Waals surface area contributed by atoms with Crippen LogP contribution >= 0.6 is 34.8 Å². The summed E-state index contributed by atoms with van der Waals surface area (Å²) in [6.45, 7) is 3.66. The second-order valence-corrected chi connectivity index (χ2v) is 8.10. The number of carbonyl (C=O) groups is 2. The molecule has 2 N–H and O–H groups in total. The Morgan fingerprint density at radius 2 is 1.88 bits per heavy atom. The fraction of sp³-hybridized carbons (Fsp3) is 0.273. The molecule has 1 aliphatic heterocycles. The van der Waals surface area contributed by atoms with Crippen LogP contribution in [0.25, 0.3) is 0 Å². The average Bonchev–Trinajstić information content (AvgIpc) is 2.73. The molecule has 32 heavy (non-hydrogen) atoms. The average molecular weight is 500 g/mol. The Hall–Kier alpha value is -2.61. The fourth-order valence-electron chi connectivity index (χ4n) is 3.26. The Morgan fingerprint density at radius 1 is 1.12 bits per heavy atom. The summed E-state index contributed by atoms with van der Waals surface area (Å²) >= 11 is 18.7. The van der Waals surface area contributed by atoms with Gasteiger partial charge in [0.05, 0.1) is 30.4 Å². The van der Waals surface area contributed by atoms with Gasteiger partial charge in [-0.15, -0.1) is 0 Å². The lowest BCUT2D eigenvalue weighted by Gasteiger charge is -2.28. The molecule has 1 atom stereocenters. The summed E-state index contributed by atoms with van der Waals surface area (Å²) in [7, 11) is 1.46. The van der Waals surface area contributed by atoms with Crippen molar-refractivity contribution < 1.29 is 23.8 Å². The van der Waals surface area contributed by atoms with E-state index in [9.17, 15) is 9.59 Å². The van der Waals surface area contributed by atoms with Crippen molar-refractivity contribution in [3.63, 3.8) is 0 Å². The van der Waals surface area contributed by atoms with E-state index in [0.29, 0.717) is 38.4 Å². The van der Waals surface area contributed by atoms with Gasteiger partial charge in [0.1, 0.15) is 6.61 Å². The standard InChI is InChI=1S/C22H21Cl3N2O5/c1-4-31-21(28)18-11(2)26-22(29)27-19(18)13-7-16(25)20(17(8-13)30-3)32-10-12-5-6-14(23)9-15(12)24/h5-9,19H,4,10H2,1-3H3,(H2,26,27,29)/t19-/m0/s1. The summed E-state index contributed by atoms with van der Waals surface area (Å²) in [4.78, 5) is 24.6. The van der Waals surface area contributed by atoms with E-state index in [4.69, 9.17) is 49.0 Å². The zero-order chi connectivity index (χ0) is 23.4. The van der Waals surface area contributed by atoms with Crippen LogP contribution in [0.1, 0.15) is 31.0 Å². The van der Waals surface area contributed by atoms with Gasteiger partial charge in [-0.05, 0) is 43.7 Å². The Labute approximate surface area is 200 Å². The van der Waals surface area contributed by atoms with E-state index in [2.05, 4.69) is 10.6 Å². The molecule has 0 spiro atoms. The number of benzene rings is 2. The molecule has 1 heterocycles. The third kappa shape index (κ3) is 5.23. The Morgan fingerprint density at radius 3 is 2.53 bits per heavy atom. The van der Waals surface area contributed by atoms with Gasteiger partial charge in [-0.2, -0.15) is 0 Å². The lowest BCUT2D eigenvalue weighted by atomic mass is 9.95. The van der Waals surface area contributed by atoms with Crippen LogP contribution in [0.4, 0.5) is 4.79 Å². The van der Waals surface area contributed by atoms with E-state index in [-0.39, 0.29) is 23.8 Å². The van der Waals surface area contributed by atoms with Crippen molar-refractivity contribution in [3.8, 4) is 11.5 Å². The fourth-order valence-corrected chi connectivity index (χ4v) is 4.00. The first kappa shape index (κ1) is 24.0. The highest BCUT2D eigenvalue weighted by molar-refractivity contribution is 6.35. The number of allylic oxidation sites excluding steroid dienone is 1. The topological polar surface area (TPSA) is 85.9 Å². The predicted molar refractivity (Wildman–Crippen MR) is 123 cm³/mol. The Balaban J connectivity index is 1.95. The molecule has 7 nitrogen and oxygen atoms in total. The molecule has 2 aromatic carbocycles. The summed E-state index contributed by atoms with van der Waals surface area (Å²) in [5, 5.41) is 6.53. The third-order valence-electron chi connectivity index (χ3n) is 4.74. The molecular weight excluding hydrogens is 479 g/mol. The number of rotatable bonds is 7. The van der Waals surface area contributed by atoms with Gasteiger partial charge >= 0.3 is 12.0 Å².